The van der Waals surface area contributed by atoms with Crippen LogP contribution < -0.4 is 10.6 Å². The van der Waals surface area contributed by atoms with Crippen LogP contribution in [-0.2, 0) is 6.54 Å². The number of rotatable bonds is 5. The van der Waals surface area contributed by atoms with Gasteiger partial charge in [-0.1, -0.05) is 28.9 Å². The van der Waals surface area contributed by atoms with Crippen molar-refractivity contribution in [3.8, 4) is 0 Å². The summed E-state index contributed by atoms with van der Waals surface area (Å²) in [5, 5.41) is 10.2. The third kappa shape index (κ3) is 4.54. The number of benzene rings is 1. The van der Waals surface area contributed by atoms with Crippen LogP contribution in [0.15, 0.2) is 40.9 Å². The second kappa shape index (κ2) is 7.31. The SMILES string of the molecule is Cc1cc(C(=O)NCc2ccc(Cl)cc2)nc(Nc2cc(C)on2)n1. The van der Waals surface area contributed by atoms with Gasteiger partial charge in [0.15, 0.2) is 5.82 Å². The molecule has 0 aliphatic heterocycles. The molecule has 0 unspecified atom stereocenters. The van der Waals surface area contributed by atoms with Crippen LogP contribution in [0.5, 0.6) is 0 Å². The molecule has 8 heteroatoms. The Hall–Kier alpha value is -2.93. The number of halogens is 1. The maximum atomic E-state index is 12.4. The highest BCUT2D eigenvalue weighted by atomic mass is 35.5. The second-order valence-corrected chi connectivity index (χ2v) is 5.91. The van der Waals surface area contributed by atoms with E-state index in [1.165, 1.54) is 0 Å². The number of hydrogen-bond acceptors (Lipinski definition) is 6. The molecule has 1 aromatic carbocycles. The van der Waals surface area contributed by atoms with Crippen LogP contribution in [0.2, 0.25) is 5.02 Å². The second-order valence-electron chi connectivity index (χ2n) is 5.48. The number of nitrogens with zero attached hydrogens (tertiary/aromatic N) is 3. The van der Waals surface area contributed by atoms with Crippen molar-refractivity contribution in [1.29, 1.82) is 0 Å². The first-order valence-electron chi connectivity index (χ1n) is 7.58. The highest BCUT2D eigenvalue weighted by Crippen LogP contribution is 2.14. The molecule has 2 N–H and O–H groups in total. The van der Waals surface area contributed by atoms with E-state index in [4.69, 9.17) is 16.1 Å². The molecule has 25 heavy (non-hydrogen) atoms. The van der Waals surface area contributed by atoms with Gasteiger partial charge in [0, 0.05) is 23.3 Å². The number of hydrogen-bond donors (Lipinski definition) is 2. The molecular weight excluding hydrogens is 342 g/mol. The lowest BCUT2D eigenvalue weighted by molar-refractivity contribution is 0.0945. The molecule has 0 bridgehead atoms. The molecule has 0 spiro atoms. The highest BCUT2D eigenvalue weighted by Gasteiger charge is 2.11. The zero-order valence-electron chi connectivity index (χ0n) is 13.7. The van der Waals surface area contributed by atoms with E-state index < -0.39 is 0 Å². The number of aryl methyl sites for hydroxylation is 2. The minimum absolute atomic E-state index is 0.268. The van der Waals surface area contributed by atoms with E-state index in [1.54, 1.807) is 38.1 Å². The van der Waals surface area contributed by atoms with Crippen molar-refractivity contribution < 1.29 is 9.32 Å². The molecule has 0 fully saturated rings. The molecule has 7 nitrogen and oxygen atoms in total. The van der Waals surface area contributed by atoms with E-state index in [0.29, 0.717) is 28.8 Å². The first kappa shape index (κ1) is 16.9. The summed E-state index contributed by atoms with van der Waals surface area (Å²) in [5.41, 5.74) is 1.87. The van der Waals surface area contributed by atoms with E-state index in [0.717, 1.165) is 5.56 Å². The lowest BCUT2D eigenvalue weighted by Crippen LogP contribution is -2.24. The van der Waals surface area contributed by atoms with Crippen LogP contribution in [-0.4, -0.2) is 21.0 Å². The fraction of sp³-hybridized carbons (Fsp3) is 0.176. The molecule has 3 aromatic rings. The summed E-state index contributed by atoms with van der Waals surface area (Å²) in [7, 11) is 0. The average Bonchev–Trinajstić information content (AvgIpc) is 2.98. The van der Waals surface area contributed by atoms with Crippen molar-refractivity contribution in [3.05, 3.63) is 64.1 Å². The van der Waals surface area contributed by atoms with Crippen molar-refractivity contribution in [2.45, 2.75) is 20.4 Å². The van der Waals surface area contributed by atoms with Gasteiger partial charge in [-0.2, -0.15) is 0 Å². The first-order chi connectivity index (χ1) is 12.0. The van der Waals surface area contributed by atoms with Gasteiger partial charge in [-0.3, -0.25) is 4.79 Å². The Morgan fingerprint density at radius 3 is 2.60 bits per heavy atom. The predicted octanol–water partition coefficient (Wildman–Crippen LogP) is 3.41. The number of amides is 1. The van der Waals surface area contributed by atoms with Crippen LogP contribution in [0, 0.1) is 13.8 Å². The van der Waals surface area contributed by atoms with Gasteiger partial charge in [-0.25, -0.2) is 9.97 Å². The maximum Gasteiger partial charge on any atom is 0.270 e. The molecule has 0 radical (unpaired) electrons. The van der Waals surface area contributed by atoms with Crippen molar-refractivity contribution in [2.24, 2.45) is 0 Å². The van der Waals surface area contributed by atoms with E-state index in [2.05, 4.69) is 25.8 Å². The summed E-state index contributed by atoms with van der Waals surface area (Å²) in [6.07, 6.45) is 0. The molecule has 0 saturated carbocycles. The highest BCUT2D eigenvalue weighted by molar-refractivity contribution is 6.30. The zero-order chi connectivity index (χ0) is 17.8. The molecule has 1 amide bonds. The molecule has 2 aromatic heterocycles. The standard InChI is InChI=1S/C17H16ClN5O2/c1-10-7-14(16(24)19-9-12-3-5-13(18)6-4-12)21-17(20-10)22-15-8-11(2)25-23-15/h3-8H,9H2,1-2H3,(H,19,24)(H,20,21,22,23). The summed E-state index contributed by atoms with van der Waals surface area (Å²) in [5.74, 6) is 1.14. The normalized spacial score (nSPS) is 10.5. The number of nitrogens with one attached hydrogen (secondary N) is 2. The Balaban J connectivity index is 1.70. The Bertz CT molecular complexity index is 892. The Morgan fingerprint density at radius 1 is 1.16 bits per heavy atom. The molecule has 0 saturated heterocycles. The summed E-state index contributed by atoms with van der Waals surface area (Å²) >= 11 is 5.85. The maximum absolute atomic E-state index is 12.4. The lowest BCUT2D eigenvalue weighted by Gasteiger charge is -2.08. The van der Waals surface area contributed by atoms with Crippen LogP contribution >= 0.6 is 11.6 Å². The van der Waals surface area contributed by atoms with Crippen molar-refractivity contribution >= 4 is 29.3 Å². The van der Waals surface area contributed by atoms with Gasteiger partial charge in [0.25, 0.3) is 5.91 Å². The number of anilines is 2. The molecule has 0 atom stereocenters. The van der Waals surface area contributed by atoms with E-state index >= 15 is 0 Å². The van der Waals surface area contributed by atoms with Gasteiger partial charge in [-0.05, 0) is 37.6 Å². The fourth-order valence-corrected chi connectivity index (χ4v) is 2.28. The Morgan fingerprint density at radius 2 is 1.92 bits per heavy atom. The average molecular weight is 358 g/mol. The van der Waals surface area contributed by atoms with Gasteiger partial charge in [0.2, 0.25) is 5.95 Å². The van der Waals surface area contributed by atoms with Gasteiger partial charge < -0.3 is 15.2 Å². The topological polar surface area (TPSA) is 92.9 Å². The minimum Gasteiger partial charge on any atom is -0.360 e. The van der Waals surface area contributed by atoms with Gasteiger partial charge in [0.05, 0.1) is 0 Å². The van der Waals surface area contributed by atoms with Crippen molar-refractivity contribution in [3.63, 3.8) is 0 Å². The molecular formula is C17H16ClN5O2. The number of aromatic nitrogens is 3. The van der Waals surface area contributed by atoms with Crippen LogP contribution in [0.25, 0.3) is 0 Å². The molecule has 128 valence electrons. The van der Waals surface area contributed by atoms with E-state index in [9.17, 15) is 4.79 Å². The lowest BCUT2D eigenvalue weighted by atomic mass is 10.2. The summed E-state index contributed by atoms with van der Waals surface area (Å²) in [6.45, 7) is 3.95. The monoisotopic (exact) mass is 357 g/mol. The Kier molecular flexibility index (Phi) is 4.95. The summed E-state index contributed by atoms with van der Waals surface area (Å²) in [4.78, 5) is 20.8. The van der Waals surface area contributed by atoms with Crippen LogP contribution in [0.4, 0.5) is 11.8 Å². The molecule has 0 aliphatic rings. The Labute approximate surface area is 149 Å². The van der Waals surface area contributed by atoms with Gasteiger partial charge in [-0.15, -0.1) is 0 Å². The predicted molar refractivity (Wildman–Crippen MR) is 93.9 cm³/mol. The minimum atomic E-state index is -0.292. The van der Waals surface area contributed by atoms with Crippen molar-refractivity contribution in [1.82, 2.24) is 20.4 Å². The van der Waals surface area contributed by atoms with Crippen LogP contribution in [0.3, 0.4) is 0 Å². The molecule has 3 rings (SSSR count). The quantitative estimate of drug-likeness (QED) is 0.726. The van der Waals surface area contributed by atoms with Gasteiger partial charge >= 0.3 is 0 Å². The van der Waals surface area contributed by atoms with Crippen LogP contribution in [0.1, 0.15) is 27.5 Å². The van der Waals surface area contributed by atoms with Crippen molar-refractivity contribution in [2.75, 3.05) is 5.32 Å². The molecule has 0 aliphatic carbocycles. The number of carbonyl (C=O) groups is 1. The van der Waals surface area contributed by atoms with E-state index in [-0.39, 0.29) is 17.5 Å². The smallest absolute Gasteiger partial charge is 0.270 e. The number of carbonyl (C=O) groups excluding carboxylic acids is 1. The molecule has 2 heterocycles. The van der Waals surface area contributed by atoms with Gasteiger partial charge in [0.1, 0.15) is 11.5 Å². The largest absolute Gasteiger partial charge is 0.360 e. The third-order valence-corrected chi connectivity index (χ3v) is 3.57. The third-order valence-electron chi connectivity index (χ3n) is 3.32. The zero-order valence-corrected chi connectivity index (χ0v) is 14.5. The summed E-state index contributed by atoms with van der Waals surface area (Å²) < 4.78 is 4.98. The first-order valence-corrected chi connectivity index (χ1v) is 7.96. The fourth-order valence-electron chi connectivity index (χ4n) is 2.16. The van der Waals surface area contributed by atoms with E-state index in [1.807, 2.05) is 12.1 Å². The summed E-state index contributed by atoms with van der Waals surface area (Å²) in [6, 6.07) is 10.6.